The lowest BCUT2D eigenvalue weighted by molar-refractivity contribution is -0.160. The van der Waals surface area contributed by atoms with Gasteiger partial charge in [-0.15, -0.1) is 0 Å². The van der Waals surface area contributed by atoms with Gasteiger partial charge in [0.05, 0.1) is 26.6 Å². The summed E-state index contributed by atoms with van der Waals surface area (Å²) >= 11 is 0. The minimum absolute atomic E-state index is 0.00833. The van der Waals surface area contributed by atoms with Crippen molar-refractivity contribution in [3.8, 4) is 0 Å². The minimum atomic E-state index is -3.50. The number of esters is 3. The summed E-state index contributed by atoms with van der Waals surface area (Å²) in [7, 11) is -2.19. The van der Waals surface area contributed by atoms with Crippen LogP contribution in [-0.4, -0.2) is 60.6 Å². The highest BCUT2D eigenvalue weighted by Gasteiger charge is 2.73. The Labute approximate surface area is 212 Å². The van der Waals surface area contributed by atoms with E-state index in [1.54, 1.807) is 88.4 Å². The van der Waals surface area contributed by atoms with Crippen LogP contribution < -0.4 is 10.6 Å². The Morgan fingerprint density at radius 2 is 1.25 bits per heavy atom. The van der Waals surface area contributed by atoms with E-state index in [1.807, 2.05) is 0 Å². The van der Waals surface area contributed by atoms with Gasteiger partial charge in [-0.1, -0.05) is 60.7 Å². The molecular weight excluding hydrogens is 502 g/mol. The Hall–Kier alpha value is -2.79. The number of benzene rings is 2. The third kappa shape index (κ3) is 4.43. The molecule has 0 fully saturated rings. The molecule has 0 radical (unpaired) electrons. The van der Waals surface area contributed by atoms with Gasteiger partial charge in [-0.25, -0.2) is 14.4 Å². The molecule has 0 aromatic heterocycles. The predicted octanol–water partition coefficient (Wildman–Crippen LogP) is 3.19. The number of rotatable bonds is 10. The van der Waals surface area contributed by atoms with Crippen LogP contribution in [0.3, 0.4) is 0 Å². The van der Waals surface area contributed by atoms with Gasteiger partial charge < -0.3 is 18.7 Å². The van der Waals surface area contributed by atoms with Gasteiger partial charge in [0.15, 0.2) is 0 Å². The summed E-state index contributed by atoms with van der Waals surface area (Å²) in [6, 6.07) is 17.6. The van der Waals surface area contributed by atoms with Gasteiger partial charge in [0, 0.05) is 19.5 Å². The van der Waals surface area contributed by atoms with Crippen LogP contribution in [0.4, 0.5) is 0 Å². The number of carbonyl (C=O) groups is 4. The Kier molecular flexibility index (Phi) is 9.24. The molecule has 36 heavy (non-hydrogen) atoms. The normalized spacial score (nSPS) is 20.6. The minimum Gasteiger partial charge on any atom is -0.465 e. The number of hydrogen-bond donors (Lipinski definition) is 0. The smallest absolute Gasteiger partial charge is 0.344 e. The van der Waals surface area contributed by atoms with Crippen molar-refractivity contribution in [2.45, 2.75) is 32.9 Å². The van der Waals surface area contributed by atoms with Crippen LogP contribution in [0.2, 0.25) is 0 Å². The molecule has 1 aliphatic heterocycles. The predicted molar refractivity (Wildman–Crippen MR) is 140 cm³/mol. The molecule has 1 aliphatic rings. The van der Waals surface area contributed by atoms with Crippen LogP contribution in [-0.2, 0) is 37.9 Å². The number of ether oxygens (including phenoxy) is 3. The van der Waals surface area contributed by atoms with Crippen LogP contribution in [0, 0.1) is 0 Å². The van der Waals surface area contributed by atoms with E-state index in [0.29, 0.717) is 10.6 Å². The van der Waals surface area contributed by atoms with Crippen molar-refractivity contribution in [2.75, 3.05) is 26.4 Å². The molecule has 1 heterocycles. The number of Topliss-reactive ketones (excluding diaryl/α,β-unsaturated/α-hetero) is 1. The topological polar surface area (TPSA) is 105 Å². The molecule has 3 rings (SSSR count). The maximum Gasteiger partial charge on any atom is 0.344 e. The van der Waals surface area contributed by atoms with Gasteiger partial charge in [-0.3, -0.25) is 4.79 Å². The fourth-order valence-corrected chi connectivity index (χ4v) is 15.8. The van der Waals surface area contributed by atoms with Crippen molar-refractivity contribution >= 4 is 54.0 Å². The molecule has 2 unspecified atom stereocenters. The molecule has 0 spiro atoms. The van der Waals surface area contributed by atoms with Gasteiger partial charge in [0.1, 0.15) is 5.29 Å². The van der Waals surface area contributed by atoms with Gasteiger partial charge in [-0.2, -0.15) is 0 Å². The van der Waals surface area contributed by atoms with Crippen LogP contribution in [0.25, 0.3) is 0 Å². The van der Waals surface area contributed by atoms with Crippen molar-refractivity contribution in [1.82, 2.24) is 0 Å². The summed E-state index contributed by atoms with van der Waals surface area (Å²) < 4.78 is 22.5. The van der Waals surface area contributed by atoms with E-state index in [0.717, 1.165) is 0 Å². The van der Waals surface area contributed by atoms with E-state index < -0.39 is 43.3 Å². The Balaban J connectivity index is 2.60. The average Bonchev–Trinajstić information content (AvgIpc) is 3.12. The first-order chi connectivity index (χ1) is 17.4. The number of carbonyl (C=O) groups excluding carboxylic acids is 4. The highest BCUT2D eigenvalue weighted by molar-refractivity contribution is 8.45. The van der Waals surface area contributed by atoms with Crippen LogP contribution in [0.5, 0.6) is 0 Å². The molecule has 0 saturated carbocycles. The summed E-state index contributed by atoms with van der Waals surface area (Å²) in [5.41, 5.74) is 0. The SMILES string of the molecule is CCOC(=O)C1=P(OCC)(c2ccccc2)P(c2ccccc2)C(C(=O)OCC)(C(=O)OCC)C1=O. The highest BCUT2D eigenvalue weighted by atomic mass is 32.1. The van der Waals surface area contributed by atoms with Crippen LogP contribution >= 0.6 is 14.4 Å². The van der Waals surface area contributed by atoms with Crippen LogP contribution in [0.1, 0.15) is 27.7 Å². The molecule has 8 nitrogen and oxygen atoms in total. The second kappa shape index (κ2) is 12.0. The van der Waals surface area contributed by atoms with E-state index in [2.05, 4.69) is 0 Å². The van der Waals surface area contributed by atoms with Gasteiger partial charge in [-0.05, 0) is 33.0 Å². The maximum atomic E-state index is 14.4. The molecule has 0 amide bonds. The van der Waals surface area contributed by atoms with Crippen molar-refractivity contribution in [3.05, 3.63) is 60.7 Å². The molecule has 10 heteroatoms. The van der Waals surface area contributed by atoms with Crippen molar-refractivity contribution in [2.24, 2.45) is 0 Å². The quantitative estimate of drug-likeness (QED) is 0.199. The van der Waals surface area contributed by atoms with Gasteiger partial charge >= 0.3 is 17.9 Å². The van der Waals surface area contributed by atoms with E-state index in [4.69, 9.17) is 18.7 Å². The van der Waals surface area contributed by atoms with Crippen molar-refractivity contribution < 1.29 is 37.9 Å². The second-order valence-electron chi connectivity index (χ2n) is 7.53. The monoisotopic (exact) mass is 532 g/mol. The largest absolute Gasteiger partial charge is 0.465 e. The van der Waals surface area contributed by atoms with E-state index in [-0.39, 0.29) is 31.7 Å². The van der Waals surface area contributed by atoms with Crippen molar-refractivity contribution in [1.29, 1.82) is 0 Å². The second-order valence-corrected chi connectivity index (χ2v) is 14.6. The summed E-state index contributed by atoms with van der Waals surface area (Å²) in [5.74, 6) is -3.99. The van der Waals surface area contributed by atoms with E-state index in [9.17, 15) is 19.2 Å². The molecule has 0 N–H and O–H groups in total. The fourth-order valence-electron chi connectivity index (χ4n) is 4.23. The lowest BCUT2D eigenvalue weighted by Crippen LogP contribution is -2.55. The molecule has 2 aromatic rings. The Bertz CT molecular complexity index is 1160. The maximum absolute atomic E-state index is 14.4. The zero-order valence-corrected chi connectivity index (χ0v) is 22.6. The zero-order valence-electron chi connectivity index (χ0n) is 20.8. The first-order valence-electron chi connectivity index (χ1n) is 11.8. The Morgan fingerprint density at radius 3 is 1.72 bits per heavy atom. The molecule has 192 valence electrons. The summed E-state index contributed by atoms with van der Waals surface area (Å²) in [6.07, 6.45) is 0. The standard InChI is InChI=1S/C26H30O8P2/c1-5-31-23(28)21-22(27)26(24(29)32-6-2,25(30)33-7-3)35(19-15-11-9-12-16-19)36(21,34-8-4)20-17-13-10-14-18-20/h9-18H,5-8H2,1-4H3. The molecule has 2 aromatic carbocycles. The molecular formula is C26H30O8P2. The number of ketones is 1. The third-order valence-corrected chi connectivity index (χ3v) is 15.6. The lowest BCUT2D eigenvalue weighted by Gasteiger charge is -2.37. The summed E-state index contributed by atoms with van der Waals surface area (Å²) in [6.45, 7) is 2.97. The summed E-state index contributed by atoms with van der Waals surface area (Å²) in [4.78, 5) is 55.6. The van der Waals surface area contributed by atoms with E-state index >= 15 is 0 Å². The molecule has 0 saturated heterocycles. The van der Waals surface area contributed by atoms with Gasteiger partial charge in [0.25, 0.3) is 5.16 Å². The highest BCUT2D eigenvalue weighted by Crippen LogP contribution is 2.85. The first-order valence-corrected chi connectivity index (χ1v) is 15.5. The average molecular weight is 532 g/mol. The summed E-state index contributed by atoms with van der Waals surface area (Å²) in [5, 5.41) is -1.65. The fraction of sp³-hybridized carbons (Fsp3) is 0.346. The van der Waals surface area contributed by atoms with Crippen molar-refractivity contribution in [3.63, 3.8) is 0 Å². The Morgan fingerprint density at radius 1 is 0.750 bits per heavy atom. The van der Waals surface area contributed by atoms with Crippen LogP contribution in [0.15, 0.2) is 60.7 Å². The molecule has 2 atom stereocenters. The number of hydrogen-bond acceptors (Lipinski definition) is 8. The van der Waals surface area contributed by atoms with Gasteiger partial charge in [0.2, 0.25) is 5.78 Å². The third-order valence-electron chi connectivity index (χ3n) is 5.48. The van der Waals surface area contributed by atoms with E-state index in [1.165, 1.54) is 0 Å². The molecule has 0 bridgehead atoms. The lowest BCUT2D eigenvalue weighted by atomic mass is 10.00. The first kappa shape index (κ1) is 27.8. The molecule has 0 aliphatic carbocycles. The zero-order chi connectivity index (χ0) is 26.3.